The number of carbonyl (C=O) groups is 1. The van der Waals surface area contributed by atoms with Crippen LogP contribution >= 0.6 is 11.8 Å². The third-order valence-electron chi connectivity index (χ3n) is 4.21. The van der Waals surface area contributed by atoms with E-state index in [0.717, 1.165) is 30.0 Å². The first kappa shape index (κ1) is 13.9. The van der Waals surface area contributed by atoms with Gasteiger partial charge in [-0.2, -0.15) is 16.9 Å². The molecule has 2 fully saturated rings. The number of aryl methyl sites for hydroxylation is 1. The molecule has 2 aliphatic rings. The van der Waals surface area contributed by atoms with E-state index in [1.165, 1.54) is 0 Å². The van der Waals surface area contributed by atoms with Crippen LogP contribution in [-0.2, 0) is 16.6 Å². The first-order chi connectivity index (χ1) is 9.66. The van der Waals surface area contributed by atoms with Crippen LogP contribution in [0.15, 0.2) is 12.4 Å². The van der Waals surface area contributed by atoms with Crippen LogP contribution in [0.4, 0.5) is 0 Å². The predicted molar refractivity (Wildman–Crippen MR) is 78.5 cm³/mol. The largest absolute Gasteiger partial charge is 0.378 e. The molecular formula is C14H21N3O2S. The molecule has 5 nitrogen and oxygen atoms in total. The molecule has 6 heteroatoms. The number of nitrogens with zero attached hydrogens (tertiary/aromatic N) is 3. The lowest BCUT2D eigenvalue weighted by atomic mass is 9.99. The number of aromatic nitrogens is 2. The minimum Gasteiger partial charge on any atom is -0.378 e. The van der Waals surface area contributed by atoms with Crippen molar-refractivity contribution in [1.29, 1.82) is 0 Å². The maximum atomic E-state index is 12.8. The van der Waals surface area contributed by atoms with Gasteiger partial charge in [0.25, 0.3) is 0 Å². The summed E-state index contributed by atoms with van der Waals surface area (Å²) in [6.07, 6.45) is 4.80. The SMILES string of the molecule is C[C@@H]1OCC[C@@H]1C(=O)N1CCSC[C@@H]1c1cnn(C)c1. The van der Waals surface area contributed by atoms with Crippen LogP contribution in [0.5, 0.6) is 0 Å². The number of hydrogen-bond acceptors (Lipinski definition) is 4. The second-order valence-corrected chi connectivity index (χ2v) is 6.69. The van der Waals surface area contributed by atoms with Gasteiger partial charge in [0, 0.05) is 43.5 Å². The Balaban J connectivity index is 1.80. The van der Waals surface area contributed by atoms with Crippen molar-refractivity contribution >= 4 is 17.7 Å². The minimum absolute atomic E-state index is 0.0253. The van der Waals surface area contributed by atoms with Gasteiger partial charge in [-0.1, -0.05) is 0 Å². The van der Waals surface area contributed by atoms with Gasteiger partial charge in [-0.25, -0.2) is 0 Å². The summed E-state index contributed by atoms with van der Waals surface area (Å²) in [5.74, 6) is 2.26. The van der Waals surface area contributed by atoms with Crippen molar-refractivity contribution in [3.8, 4) is 0 Å². The Morgan fingerprint density at radius 2 is 2.40 bits per heavy atom. The third-order valence-corrected chi connectivity index (χ3v) is 5.24. The quantitative estimate of drug-likeness (QED) is 0.829. The average molecular weight is 295 g/mol. The zero-order valence-corrected chi connectivity index (χ0v) is 12.8. The maximum Gasteiger partial charge on any atom is 0.228 e. The zero-order chi connectivity index (χ0) is 14.1. The molecule has 110 valence electrons. The molecule has 3 rings (SSSR count). The molecule has 1 amide bonds. The van der Waals surface area contributed by atoms with Gasteiger partial charge in [0.05, 0.1) is 24.3 Å². The van der Waals surface area contributed by atoms with Crippen molar-refractivity contribution in [1.82, 2.24) is 14.7 Å². The highest BCUT2D eigenvalue weighted by atomic mass is 32.2. The summed E-state index contributed by atoms with van der Waals surface area (Å²) in [6, 6.07) is 0.155. The van der Waals surface area contributed by atoms with Crippen LogP contribution in [0.3, 0.4) is 0 Å². The Morgan fingerprint density at radius 3 is 3.05 bits per heavy atom. The fourth-order valence-corrected chi connectivity index (χ4v) is 4.11. The van der Waals surface area contributed by atoms with Gasteiger partial charge in [0.1, 0.15) is 0 Å². The molecule has 0 aliphatic carbocycles. The van der Waals surface area contributed by atoms with Gasteiger partial charge in [-0.15, -0.1) is 0 Å². The van der Waals surface area contributed by atoms with Crippen molar-refractivity contribution in [2.75, 3.05) is 24.7 Å². The molecule has 1 aromatic heterocycles. The number of thioether (sulfide) groups is 1. The highest BCUT2D eigenvalue weighted by Crippen LogP contribution is 2.33. The van der Waals surface area contributed by atoms with E-state index in [4.69, 9.17) is 4.74 Å². The minimum atomic E-state index is 0.0253. The Kier molecular flexibility index (Phi) is 4.03. The molecule has 0 aromatic carbocycles. The van der Waals surface area contributed by atoms with E-state index in [0.29, 0.717) is 6.61 Å². The van der Waals surface area contributed by atoms with Crippen LogP contribution in [0.2, 0.25) is 0 Å². The smallest absolute Gasteiger partial charge is 0.228 e. The lowest BCUT2D eigenvalue weighted by molar-refractivity contribution is -0.139. The van der Waals surface area contributed by atoms with Gasteiger partial charge in [0.2, 0.25) is 5.91 Å². The molecule has 3 atom stereocenters. The molecule has 2 saturated heterocycles. The third kappa shape index (κ3) is 2.59. The van der Waals surface area contributed by atoms with Crippen molar-refractivity contribution in [3.63, 3.8) is 0 Å². The molecular weight excluding hydrogens is 274 g/mol. The first-order valence-corrected chi connectivity index (χ1v) is 8.30. The summed E-state index contributed by atoms with van der Waals surface area (Å²) >= 11 is 1.91. The molecule has 0 unspecified atom stereocenters. The standard InChI is InChI=1S/C14H21N3O2S/c1-10-12(3-5-19-10)14(18)17-4-6-20-9-13(17)11-7-15-16(2)8-11/h7-8,10,12-13H,3-6,9H2,1-2H3/t10-,12-,13+/m0/s1. The van der Waals surface area contributed by atoms with E-state index < -0.39 is 0 Å². The summed E-state index contributed by atoms with van der Waals surface area (Å²) in [7, 11) is 1.92. The van der Waals surface area contributed by atoms with E-state index in [2.05, 4.69) is 5.10 Å². The number of rotatable bonds is 2. The lowest BCUT2D eigenvalue weighted by Crippen LogP contribution is -2.45. The van der Waals surface area contributed by atoms with Crippen LogP contribution in [0.1, 0.15) is 24.9 Å². The zero-order valence-electron chi connectivity index (χ0n) is 12.0. The van der Waals surface area contributed by atoms with Crippen LogP contribution in [-0.4, -0.2) is 51.3 Å². The van der Waals surface area contributed by atoms with E-state index in [-0.39, 0.29) is 24.0 Å². The van der Waals surface area contributed by atoms with Crippen molar-refractivity contribution in [2.45, 2.75) is 25.5 Å². The van der Waals surface area contributed by atoms with Gasteiger partial charge in [0.15, 0.2) is 0 Å². The average Bonchev–Trinajstić information content (AvgIpc) is 3.07. The number of ether oxygens (including phenoxy) is 1. The van der Waals surface area contributed by atoms with Crippen molar-refractivity contribution < 1.29 is 9.53 Å². The van der Waals surface area contributed by atoms with E-state index >= 15 is 0 Å². The summed E-state index contributed by atoms with van der Waals surface area (Å²) in [6.45, 7) is 3.54. The van der Waals surface area contributed by atoms with Gasteiger partial charge in [-0.3, -0.25) is 9.48 Å². The normalized spacial score (nSPS) is 30.7. The Morgan fingerprint density at radius 1 is 1.55 bits per heavy atom. The summed E-state index contributed by atoms with van der Waals surface area (Å²) in [5.41, 5.74) is 1.14. The van der Waals surface area contributed by atoms with Gasteiger partial charge >= 0.3 is 0 Å². The summed E-state index contributed by atoms with van der Waals surface area (Å²) < 4.78 is 7.36. The number of hydrogen-bond donors (Lipinski definition) is 0. The second kappa shape index (κ2) is 5.77. The summed E-state index contributed by atoms with van der Waals surface area (Å²) in [5, 5.41) is 4.24. The van der Waals surface area contributed by atoms with Crippen LogP contribution < -0.4 is 0 Å². The first-order valence-electron chi connectivity index (χ1n) is 7.15. The topological polar surface area (TPSA) is 47.4 Å². The number of carbonyl (C=O) groups excluding carboxylic acids is 1. The molecule has 3 heterocycles. The van der Waals surface area contributed by atoms with Crippen LogP contribution in [0.25, 0.3) is 0 Å². The van der Waals surface area contributed by atoms with Crippen molar-refractivity contribution in [3.05, 3.63) is 18.0 Å². The molecule has 2 aliphatic heterocycles. The molecule has 0 N–H and O–H groups in total. The highest BCUT2D eigenvalue weighted by molar-refractivity contribution is 7.99. The molecule has 20 heavy (non-hydrogen) atoms. The fraction of sp³-hybridized carbons (Fsp3) is 0.714. The Hall–Kier alpha value is -1.01. The van der Waals surface area contributed by atoms with E-state index in [1.807, 2.05) is 43.0 Å². The molecule has 1 aromatic rings. The number of amides is 1. The highest BCUT2D eigenvalue weighted by Gasteiger charge is 2.38. The molecule has 0 bridgehead atoms. The van der Waals surface area contributed by atoms with E-state index in [9.17, 15) is 4.79 Å². The molecule has 0 spiro atoms. The Labute approximate surface area is 123 Å². The lowest BCUT2D eigenvalue weighted by Gasteiger charge is -2.37. The van der Waals surface area contributed by atoms with E-state index in [1.54, 1.807) is 4.68 Å². The Bertz CT molecular complexity index is 491. The molecule has 0 radical (unpaired) electrons. The monoisotopic (exact) mass is 295 g/mol. The summed E-state index contributed by atoms with van der Waals surface area (Å²) in [4.78, 5) is 14.9. The van der Waals surface area contributed by atoms with Gasteiger partial charge < -0.3 is 9.64 Å². The second-order valence-electron chi connectivity index (χ2n) is 5.54. The maximum absolute atomic E-state index is 12.8. The van der Waals surface area contributed by atoms with Crippen LogP contribution in [0, 0.1) is 5.92 Å². The van der Waals surface area contributed by atoms with Gasteiger partial charge in [-0.05, 0) is 13.3 Å². The molecule has 0 saturated carbocycles. The fourth-order valence-electron chi connectivity index (χ4n) is 3.02. The van der Waals surface area contributed by atoms with Crippen molar-refractivity contribution in [2.24, 2.45) is 13.0 Å². The predicted octanol–water partition coefficient (Wildman–Crippen LogP) is 1.46.